The van der Waals surface area contributed by atoms with Gasteiger partial charge in [-0.05, 0) is 22.6 Å². The van der Waals surface area contributed by atoms with Crippen molar-refractivity contribution in [1.29, 1.82) is 0 Å². The van der Waals surface area contributed by atoms with Crippen molar-refractivity contribution in [3.05, 3.63) is 105 Å². The average Bonchev–Trinajstić information content (AvgIpc) is 3.46. The van der Waals surface area contributed by atoms with Crippen LogP contribution < -0.4 is 11.1 Å². The summed E-state index contributed by atoms with van der Waals surface area (Å²) in [5.41, 5.74) is 7.08. The van der Waals surface area contributed by atoms with Crippen LogP contribution in [0, 0.1) is 0 Å². The third kappa shape index (κ3) is 5.84. The largest absolute Gasteiger partial charge is 0.448 e. The van der Waals surface area contributed by atoms with Crippen molar-refractivity contribution in [3.63, 3.8) is 0 Å². The van der Waals surface area contributed by atoms with Crippen molar-refractivity contribution >= 4 is 47.0 Å². The fourth-order valence-electron chi connectivity index (χ4n) is 4.48. The lowest BCUT2D eigenvalue weighted by Gasteiger charge is -2.49. The van der Waals surface area contributed by atoms with Gasteiger partial charge in [-0.2, -0.15) is 0 Å². The van der Waals surface area contributed by atoms with Crippen molar-refractivity contribution in [2.24, 2.45) is 5.73 Å². The highest BCUT2D eigenvalue weighted by molar-refractivity contribution is 8.00. The van der Waals surface area contributed by atoms with Crippen LogP contribution in [0.15, 0.2) is 89.4 Å². The molecule has 1 aromatic heterocycles. The topological polar surface area (TPSA) is 128 Å². The van der Waals surface area contributed by atoms with Crippen LogP contribution in [0.3, 0.4) is 0 Å². The number of β-lactam (4-membered cyclic amide) rings is 1. The lowest BCUT2D eigenvalue weighted by molar-refractivity contribution is -0.154. The Hall–Kier alpha value is -4.09. The third-order valence-corrected chi connectivity index (χ3v) is 8.51. The van der Waals surface area contributed by atoms with Gasteiger partial charge in [-0.3, -0.25) is 14.5 Å². The summed E-state index contributed by atoms with van der Waals surface area (Å²) in [6, 6.07) is 21.4. The van der Waals surface area contributed by atoms with Crippen molar-refractivity contribution in [2.45, 2.75) is 23.9 Å². The van der Waals surface area contributed by atoms with Crippen molar-refractivity contribution in [1.82, 2.24) is 10.2 Å². The van der Waals surface area contributed by atoms with Gasteiger partial charge in [0.15, 0.2) is 6.10 Å². The number of nitrogens with two attached hydrogens (primary N) is 1. The Morgan fingerprint density at radius 3 is 2.26 bits per heavy atom. The highest BCUT2D eigenvalue weighted by Gasteiger charge is 2.54. The summed E-state index contributed by atoms with van der Waals surface area (Å²) >= 11 is 2.82. The van der Waals surface area contributed by atoms with E-state index in [1.165, 1.54) is 28.0 Å². The zero-order valence-electron chi connectivity index (χ0n) is 20.6. The monoisotopic (exact) mass is 563 g/mol. The Kier molecular flexibility index (Phi) is 7.99. The van der Waals surface area contributed by atoms with Gasteiger partial charge in [-0.15, -0.1) is 23.1 Å². The molecule has 5 rings (SSSR count). The van der Waals surface area contributed by atoms with Crippen LogP contribution in [0.25, 0.3) is 0 Å². The van der Waals surface area contributed by atoms with Gasteiger partial charge in [0.1, 0.15) is 23.7 Å². The number of nitrogens with zero attached hydrogens (tertiary/aromatic N) is 1. The maximum absolute atomic E-state index is 13.7. The fourth-order valence-corrected chi connectivity index (χ4v) is 6.51. The molecule has 1 unspecified atom stereocenters. The summed E-state index contributed by atoms with van der Waals surface area (Å²) in [6.45, 7) is -0.264. The number of hydrogen-bond acceptors (Lipinski definition) is 8. The Morgan fingerprint density at radius 1 is 1.00 bits per heavy atom. The molecule has 0 radical (unpaired) electrons. The van der Waals surface area contributed by atoms with Crippen LogP contribution in [0.2, 0.25) is 0 Å². The number of amides is 3. The molecular formula is C28H25N3O6S2. The van der Waals surface area contributed by atoms with Crippen molar-refractivity contribution < 1.29 is 28.7 Å². The molecule has 2 aliphatic heterocycles. The van der Waals surface area contributed by atoms with Gasteiger partial charge >= 0.3 is 12.1 Å². The van der Waals surface area contributed by atoms with Gasteiger partial charge < -0.3 is 20.5 Å². The predicted octanol–water partition coefficient (Wildman–Crippen LogP) is 3.37. The number of carbonyl (C=O) groups excluding carboxylic acids is 4. The molecule has 0 bridgehead atoms. The molecule has 0 saturated carbocycles. The molecule has 1 saturated heterocycles. The molecule has 3 heterocycles. The van der Waals surface area contributed by atoms with E-state index in [9.17, 15) is 19.2 Å². The van der Waals surface area contributed by atoms with Crippen LogP contribution in [0.5, 0.6) is 0 Å². The molecular weight excluding hydrogens is 538 g/mol. The second-order valence-corrected chi connectivity index (χ2v) is 11.0. The summed E-state index contributed by atoms with van der Waals surface area (Å²) in [5, 5.41) is 4.17. The number of ether oxygens (including phenoxy) is 2. The molecule has 1 fully saturated rings. The van der Waals surface area contributed by atoms with E-state index in [2.05, 4.69) is 5.32 Å². The van der Waals surface area contributed by atoms with Gasteiger partial charge in [0.25, 0.3) is 5.91 Å². The number of thioether (sulfide) groups is 1. The maximum Gasteiger partial charge on any atom is 0.404 e. The Balaban J connectivity index is 1.40. The Bertz CT molecular complexity index is 1360. The first kappa shape index (κ1) is 26.5. The molecule has 2 aliphatic rings. The quantitative estimate of drug-likeness (QED) is 0.302. The average molecular weight is 564 g/mol. The highest BCUT2D eigenvalue weighted by atomic mass is 32.2. The molecule has 200 valence electrons. The summed E-state index contributed by atoms with van der Waals surface area (Å²) in [7, 11) is 0. The third-order valence-electron chi connectivity index (χ3n) is 6.29. The summed E-state index contributed by atoms with van der Waals surface area (Å²) in [6.07, 6.45) is -1.57. The van der Waals surface area contributed by atoms with E-state index in [0.717, 1.165) is 16.0 Å². The van der Waals surface area contributed by atoms with Gasteiger partial charge in [0.05, 0.1) is 6.42 Å². The molecule has 0 spiro atoms. The van der Waals surface area contributed by atoms with E-state index < -0.39 is 35.5 Å². The maximum atomic E-state index is 13.7. The van der Waals surface area contributed by atoms with Crippen LogP contribution in [0.1, 0.15) is 22.1 Å². The van der Waals surface area contributed by atoms with E-state index in [0.29, 0.717) is 5.57 Å². The first-order valence-electron chi connectivity index (χ1n) is 12.1. The zero-order valence-corrected chi connectivity index (χ0v) is 22.3. The first-order chi connectivity index (χ1) is 18.9. The van der Waals surface area contributed by atoms with Gasteiger partial charge in [0, 0.05) is 16.2 Å². The second kappa shape index (κ2) is 11.7. The lowest BCUT2D eigenvalue weighted by atomic mass is 10.0. The number of carbonyl (C=O) groups is 4. The SMILES string of the molecule is NC(=O)OCC1=C(C(=O)OC(c2ccccc2)c2ccccc2)N2C(=O)C(NC(=O)Cc3cccs3)[C@@H]2SC1. The number of fused-ring (bicyclic) bond motifs is 1. The summed E-state index contributed by atoms with van der Waals surface area (Å²) in [5.74, 6) is -1.17. The van der Waals surface area contributed by atoms with Crippen LogP contribution in [-0.4, -0.2) is 52.6 Å². The lowest BCUT2D eigenvalue weighted by Crippen LogP contribution is -2.70. The standard InChI is InChI=1S/C28H25N3O6S2/c29-28(35)36-15-19-16-39-26-22(30-21(32)14-20-12-7-13-38-20)25(33)31(26)23(19)27(34)37-24(17-8-3-1-4-9-17)18-10-5-2-6-11-18/h1-13,22,24,26H,14-16H2,(H2,29,35)(H,30,32)/t22?,26-/m0/s1. The minimum atomic E-state index is -0.998. The highest BCUT2D eigenvalue weighted by Crippen LogP contribution is 2.41. The number of primary amides is 1. The summed E-state index contributed by atoms with van der Waals surface area (Å²) < 4.78 is 11.0. The molecule has 11 heteroatoms. The van der Waals surface area contributed by atoms with Crippen molar-refractivity contribution in [2.75, 3.05) is 12.4 Å². The Labute approximate surface area is 233 Å². The number of hydrogen-bond donors (Lipinski definition) is 2. The normalized spacial score (nSPS) is 18.3. The van der Waals surface area contributed by atoms with E-state index in [-0.39, 0.29) is 30.4 Å². The molecule has 3 aromatic rings. The number of benzene rings is 2. The number of thiophene rings is 1. The molecule has 3 amide bonds. The van der Waals surface area contributed by atoms with Crippen molar-refractivity contribution in [3.8, 4) is 0 Å². The minimum Gasteiger partial charge on any atom is -0.448 e. The molecule has 9 nitrogen and oxygen atoms in total. The van der Waals surface area contributed by atoms with Gasteiger partial charge in [0.2, 0.25) is 5.91 Å². The number of nitrogens with one attached hydrogen (secondary N) is 1. The molecule has 39 heavy (non-hydrogen) atoms. The van der Waals surface area contributed by atoms with E-state index in [1.54, 1.807) is 0 Å². The predicted molar refractivity (Wildman–Crippen MR) is 146 cm³/mol. The molecule has 0 aliphatic carbocycles. The first-order valence-corrected chi connectivity index (χ1v) is 14.1. The molecule has 2 aromatic carbocycles. The Morgan fingerprint density at radius 2 is 1.67 bits per heavy atom. The van der Waals surface area contributed by atoms with Crippen LogP contribution >= 0.6 is 23.1 Å². The minimum absolute atomic E-state index is 0.00520. The van der Waals surface area contributed by atoms with E-state index in [4.69, 9.17) is 15.2 Å². The number of rotatable bonds is 9. The fraction of sp³-hybridized carbons (Fsp3) is 0.214. The van der Waals surface area contributed by atoms with Gasteiger partial charge in [-0.1, -0.05) is 66.7 Å². The van der Waals surface area contributed by atoms with Crippen LogP contribution in [-0.2, 0) is 30.3 Å². The van der Waals surface area contributed by atoms with Gasteiger partial charge in [-0.25, -0.2) is 9.59 Å². The molecule has 2 atom stereocenters. The number of esters is 1. The smallest absolute Gasteiger partial charge is 0.404 e. The molecule has 3 N–H and O–H groups in total. The van der Waals surface area contributed by atoms with E-state index in [1.807, 2.05) is 78.2 Å². The zero-order chi connectivity index (χ0) is 27.4. The second-order valence-electron chi connectivity index (χ2n) is 8.88. The summed E-state index contributed by atoms with van der Waals surface area (Å²) in [4.78, 5) is 53.1. The van der Waals surface area contributed by atoms with E-state index >= 15 is 0 Å². The van der Waals surface area contributed by atoms with Crippen LogP contribution in [0.4, 0.5) is 4.79 Å².